The van der Waals surface area contributed by atoms with Gasteiger partial charge in [0.15, 0.2) is 0 Å². The first-order valence-electron chi connectivity index (χ1n) is 10.2. The summed E-state index contributed by atoms with van der Waals surface area (Å²) in [6, 6.07) is 14.6. The predicted octanol–water partition coefficient (Wildman–Crippen LogP) is 3.93. The lowest BCUT2D eigenvalue weighted by Crippen LogP contribution is -2.06. The number of aryl methyl sites for hydroxylation is 2. The predicted molar refractivity (Wildman–Crippen MR) is 136 cm³/mol. The lowest BCUT2D eigenvalue weighted by atomic mass is 10.1. The number of aromatic amines is 4. The van der Waals surface area contributed by atoms with Gasteiger partial charge in [-0.25, -0.2) is 9.59 Å². The van der Waals surface area contributed by atoms with Gasteiger partial charge in [0, 0.05) is 32.3 Å². The van der Waals surface area contributed by atoms with Gasteiger partial charge in [-0.15, -0.1) is 23.5 Å². The molecule has 0 atom stereocenters. The van der Waals surface area contributed by atoms with Crippen molar-refractivity contribution in [3.05, 3.63) is 103 Å². The van der Waals surface area contributed by atoms with Crippen molar-refractivity contribution in [2.45, 2.75) is 23.6 Å². The van der Waals surface area contributed by atoms with Crippen LogP contribution in [0.5, 0.6) is 0 Å². The maximum absolute atomic E-state index is 12.1. The van der Waals surface area contributed by atoms with E-state index in [2.05, 4.69) is 19.9 Å². The van der Waals surface area contributed by atoms with Crippen molar-refractivity contribution in [2.75, 3.05) is 12.5 Å². The first kappa shape index (κ1) is 25.1. The third-order valence-corrected chi connectivity index (χ3v) is 6.47. The molecule has 0 spiro atoms. The Morgan fingerprint density at radius 1 is 0.588 bits per heavy atom. The first-order valence-corrected chi connectivity index (χ1v) is 12.6. The fraction of sp³-hybridized carbons (Fsp3) is 0.167. The smallest absolute Gasteiger partial charge is 0.310 e. The van der Waals surface area contributed by atoms with Gasteiger partial charge in [-0.2, -0.15) is 0 Å². The number of rotatable bonds is 6. The molecule has 0 amide bonds. The fourth-order valence-electron chi connectivity index (χ4n) is 3.17. The van der Waals surface area contributed by atoms with Crippen LogP contribution in [-0.2, 0) is 0 Å². The molecule has 34 heavy (non-hydrogen) atoms. The van der Waals surface area contributed by atoms with Crippen LogP contribution in [0.4, 0.5) is 0 Å². The Balaban J connectivity index is 0.000000191. The van der Waals surface area contributed by atoms with E-state index in [-0.39, 0.29) is 22.9 Å². The highest BCUT2D eigenvalue weighted by Gasteiger charge is 2.15. The summed E-state index contributed by atoms with van der Waals surface area (Å²) in [4.78, 5) is 58.6. The molecular weight excluding hydrogens is 472 g/mol. The Hall–Kier alpha value is -3.50. The molecule has 0 fully saturated rings. The third kappa shape index (κ3) is 5.89. The Morgan fingerprint density at radius 2 is 0.912 bits per heavy atom. The topological polar surface area (TPSA) is 131 Å². The molecule has 0 unspecified atom stereocenters. The van der Waals surface area contributed by atoms with E-state index >= 15 is 0 Å². The lowest BCUT2D eigenvalue weighted by Gasteiger charge is -2.01. The standard InChI is InChI=1S/2C12H12N2O2S/c2*1-7-10(14-12(16)13-7)11(15)8-3-5-9(17-2)6-4-8/h2*3-6H,1-2H3,(H2,13,14,16). The summed E-state index contributed by atoms with van der Waals surface area (Å²) in [5.74, 6) is -0.345. The molecule has 0 aliphatic heterocycles. The minimum atomic E-state index is -0.355. The fourth-order valence-corrected chi connectivity index (χ4v) is 3.99. The number of hydrogen-bond acceptors (Lipinski definition) is 6. The highest BCUT2D eigenvalue weighted by molar-refractivity contribution is 7.98. The summed E-state index contributed by atoms with van der Waals surface area (Å²) < 4.78 is 0. The Bertz CT molecular complexity index is 1300. The molecule has 2 aromatic carbocycles. The van der Waals surface area contributed by atoms with Gasteiger partial charge < -0.3 is 19.9 Å². The van der Waals surface area contributed by atoms with Crippen LogP contribution in [0, 0.1) is 13.8 Å². The number of carbonyl (C=O) groups is 2. The van der Waals surface area contributed by atoms with E-state index in [1.165, 1.54) is 0 Å². The molecule has 4 aromatic rings. The van der Waals surface area contributed by atoms with Crippen molar-refractivity contribution >= 4 is 35.1 Å². The molecule has 2 heterocycles. The number of hydrogen-bond donors (Lipinski definition) is 4. The summed E-state index contributed by atoms with van der Waals surface area (Å²) in [6.45, 7) is 3.39. The number of benzene rings is 2. The van der Waals surface area contributed by atoms with Crippen LogP contribution in [0.2, 0.25) is 0 Å². The molecule has 8 nitrogen and oxygen atoms in total. The van der Waals surface area contributed by atoms with E-state index in [1.807, 2.05) is 36.8 Å². The van der Waals surface area contributed by atoms with Crippen molar-refractivity contribution in [1.82, 2.24) is 19.9 Å². The van der Waals surface area contributed by atoms with Gasteiger partial charge in [0.25, 0.3) is 0 Å². The zero-order valence-corrected chi connectivity index (χ0v) is 20.7. The van der Waals surface area contributed by atoms with E-state index in [1.54, 1.807) is 61.6 Å². The van der Waals surface area contributed by atoms with Gasteiger partial charge >= 0.3 is 11.4 Å². The van der Waals surface area contributed by atoms with Crippen molar-refractivity contribution in [2.24, 2.45) is 0 Å². The number of thioether (sulfide) groups is 2. The maximum atomic E-state index is 12.1. The molecule has 2 aromatic heterocycles. The number of ketones is 2. The largest absolute Gasteiger partial charge is 0.323 e. The summed E-state index contributed by atoms with van der Waals surface area (Å²) >= 11 is 3.23. The van der Waals surface area contributed by atoms with Gasteiger partial charge in [-0.05, 0) is 74.9 Å². The monoisotopic (exact) mass is 496 g/mol. The van der Waals surface area contributed by atoms with Gasteiger partial charge in [-0.1, -0.05) is 0 Å². The first-order chi connectivity index (χ1) is 16.2. The zero-order valence-electron chi connectivity index (χ0n) is 19.1. The molecule has 10 heteroatoms. The molecule has 0 bridgehead atoms. The Kier molecular flexibility index (Phi) is 8.19. The summed E-state index contributed by atoms with van der Waals surface area (Å²) in [6.07, 6.45) is 3.95. The summed E-state index contributed by atoms with van der Waals surface area (Å²) in [5.41, 5.74) is 2.21. The Morgan fingerprint density at radius 3 is 1.15 bits per heavy atom. The quantitative estimate of drug-likeness (QED) is 0.236. The molecule has 0 aliphatic carbocycles. The highest BCUT2D eigenvalue weighted by Crippen LogP contribution is 2.18. The molecule has 0 aliphatic rings. The van der Waals surface area contributed by atoms with E-state index in [0.29, 0.717) is 33.9 Å². The molecular formula is C24H24N4O4S2. The second-order valence-corrected chi connectivity index (χ2v) is 9.03. The van der Waals surface area contributed by atoms with Gasteiger partial charge in [-0.3, -0.25) is 9.59 Å². The number of aromatic nitrogens is 4. The minimum Gasteiger partial charge on any atom is -0.310 e. The van der Waals surface area contributed by atoms with E-state index in [0.717, 1.165) is 9.79 Å². The minimum absolute atomic E-state index is 0.173. The van der Waals surface area contributed by atoms with Crippen molar-refractivity contribution < 1.29 is 9.59 Å². The van der Waals surface area contributed by atoms with Crippen LogP contribution in [0.3, 0.4) is 0 Å². The molecule has 176 valence electrons. The SMILES string of the molecule is CSc1ccc(C(=O)c2[nH]c(=O)[nH]c2C)cc1.CSc1ccc(C(=O)c2[nH]c(=O)[nH]c2C)cc1. The number of nitrogens with one attached hydrogen (secondary N) is 4. The van der Waals surface area contributed by atoms with Crippen LogP contribution < -0.4 is 11.4 Å². The highest BCUT2D eigenvalue weighted by atomic mass is 32.2. The Labute approximate surface area is 204 Å². The zero-order chi connectivity index (χ0) is 24.8. The van der Waals surface area contributed by atoms with Crippen molar-refractivity contribution in [3.63, 3.8) is 0 Å². The molecule has 0 radical (unpaired) electrons. The average molecular weight is 497 g/mol. The van der Waals surface area contributed by atoms with Crippen LogP contribution in [0.1, 0.15) is 43.5 Å². The summed E-state index contributed by atoms with van der Waals surface area (Å²) in [5, 5.41) is 0. The summed E-state index contributed by atoms with van der Waals surface area (Å²) in [7, 11) is 0. The second kappa shape index (κ2) is 11.1. The molecule has 4 rings (SSSR count). The number of H-pyrrole nitrogens is 4. The lowest BCUT2D eigenvalue weighted by molar-refractivity contribution is 0.102. The molecule has 0 saturated heterocycles. The number of imidazole rings is 2. The van der Waals surface area contributed by atoms with Crippen LogP contribution in [-0.4, -0.2) is 44.0 Å². The molecule has 4 N–H and O–H groups in total. The van der Waals surface area contributed by atoms with Crippen LogP contribution in [0.25, 0.3) is 0 Å². The average Bonchev–Trinajstić information content (AvgIpc) is 3.37. The van der Waals surface area contributed by atoms with E-state index in [9.17, 15) is 19.2 Å². The van der Waals surface area contributed by atoms with Crippen LogP contribution >= 0.6 is 23.5 Å². The van der Waals surface area contributed by atoms with Crippen molar-refractivity contribution in [3.8, 4) is 0 Å². The normalized spacial score (nSPS) is 10.5. The van der Waals surface area contributed by atoms with Gasteiger partial charge in [0.2, 0.25) is 11.6 Å². The van der Waals surface area contributed by atoms with Gasteiger partial charge in [0.1, 0.15) is 11.4 Å². The van der Waals surface area contributed by atoms with Crippen molar-refractivity contribution in [1.29, 1.82) is 0 Å². The van der Waals surface area contributed by atoms with E-state index < -0.39 is 0 Å². The maximum Gasteiger partial charge on any atom is 0.323 e. The van der Waals surface area contributed by atoms with E-state index in [4.69, 9.17) is 0 Å². The van der Waals surface area contributed by atoms with Crippen LogP contribution in [0.15, 0.2) is 67.9 Å². The number of carbonyl (C=O) groups excluding carboxylic acids is 2. The third-order valence-electron chi connectivity index (χ3n) is 4.99. The molecule has 0 saturated carbocycles. The second-order valence-electron chi connectivity index (χ2n) is 7.27. The van der Waals surface area contributed by atoms with Gasteiger partial charge in [0.05, 0.1) is 0 Å².